The number of benzene rings is 1. The summed E-state index contributed by atoms with van der Waals surface area (Å²) in [6.45, 7) is 7.85. The lowest BCUT2D eigenvalue weighted by molar-refractivity contribution is 0.244. The predicted octanol–water partition coefficient (Wildman–Crippen LogP) is 2.05. The smallest absolute Gasteiger partial charge is 0.0907 e. The summed E-state index contributed by atoms with van der Waals surface area (Å²) < 4.78 is 1.30. The molecule has 18 heavy (non-hydrogen) atoms. The molecule has 3 nitrogen and oxygen atoms in total. The Balaban J connectivity index is 1.66. The van der Waals surface area contributed by atoms with Crippen LogP contribution in [-0.2, 0) is 6.42 Å². The summed E-state index contributed by atoms with van der Waals surface area (Å²) in [6.07, 6.45) is 1.13. The van der Waals surface area contributed by atoms with Gasteiger partial charge in [0.15, 0.2) is 0 Å². The number of thiazole rings is 1. The number of aromatic nitrogens is 1. The average Bonchev–Trinajstić information content (AvgIpc) is 2.77. The number of nitrogens with one attached hydrogen (secondary N) is 1. The number of hydrogen-bond donors (Lipinski definition) is 1. The van der Waals surface area contributed by atoms with E-state index in [1.54, 1.807) is 11.3 Å². The molecule has 0 bridgehead atoms. The van der Waals surface area contributed by atoms with Crippen molar-refractivity contribution >= 4 is 21.6 Å². The van der Waals surface area contributed by atoms with E-state index in [1.165, 1.54) is 23.4 Å². The van der Waals surface area contributed by atoms with Gasteiger partial charge < -0.3 is 10.2 Å². The van der Waals surface area contributed by atoms with Crippen LogP contribution in [0.2, 0.25) is 0 Å². The van der Waals surface area contributed by atoms with Crippen molar-refractivity contribution < 1.29 is 0 Å². The van der Waals surface area contributed by atoms with Gasteiger partial charge in [-0.3, -0.25) is 0 Å². The van der Waals surface area contributed by atoms with Gasteiger partial charge in [0.1, 0.15) is 0 Å². The van der Waals surface area contributed by atoms with Gasteiger partial charge in [0.05, 0.1) is 15.2 Å². The Morgan fingerprint density at radius 1 is 1.33 bits per heavy atom. The maximum absolute atomic E-state index is 4.56. The number of piperazine rings is 1. The van der Waals surface area contributed by atoms with Gasteiger partial charge in [-0.2, -0.15) is 0 Å². The number of nitrogens with zero attached hydrogens (tertiary/aromatic N) is 2. The van der Waals surface area contributed by atoms with Gasteiger partial charge in [-0.1, -0.05) is 6.07 Å². The quantitative estimate of drug-likeness (QED) is 0.916. The van der Waals surface area contributed by atoms with Crippen LogP contribution in [0.5, 0.6) is 0 Å². The van der Waals surface area contributed by atoms with E-state index in [-0.39, 0.29) is 0 Å². The Morgan fingerprint density at radius 3 is 3.00 bits per heavy atom. The maximum atomic E-state index is 4.56. The Hall–Kier alpha value is -0.970. The van der Waals surface area contributed by atoms with Gasteiger partial charge in [0, 0.05) is 32.7 Å². The first-order valence-electron chi connectivity index (χ1n) is 6.60. The first-order valence-corrected chi connectivity index (χ1v) is 7.42. The van der Waals surface area contributed by atoms with E-state index in [2.05, 4.69) is 40.3 Å². The second-order valence-electron chi connectivity index (χ2n) is 4.88. The highest BCUT2D eigenvalue weighted by atomic mass is 32.1. The first kappa shape index (κ1) is 12.1. The van der Waals surface area contributed by atoms with Crippen LogP contribution in [0.1, 0.15) is 10.6 Å². The van der Waals surface area contributed by atoms with Crippen molar-refractivity contribution in [2.24, 2.45) is 0 Å². The summed E-state index contributed by atoms with van der Waals surface area (Å²) in [5, 5.41) is 4.55. The van der Waals surface area contributed by atoms with E-state index < -0.39 is 0 Å². The summed E-state index contributed by atoms with van der Waals surface area (Å²) in [4.78, 5) is 7.10. The van der Waals surface area contributed by atoms with Gasteiger partial charge in [0.25, 0.3) is 0 Å². The largest absolute Gasteiger partial charge is 0.314 e. The Kier molecular flexibility index (Phi) is 3.59. The van der Waals surface area contributed by atoms with Crippen LogP contribution in [0.4, 0.5) is 0 Å². The fraction of sp³-hybridized carbons (Fsp3) is 0.500. The highest BCUT2D eigenvalue weighted by molar-refractivity contribution is 7.18. The molecule has 1 aromatic heterocycles. The molecule has 3 rings (SSSR count). The molecule has 0 saturated carbocycles. The summed E-state index contributed by atoms with van der Waals surface area (Å²) in [6, 6.07) is 6.72. The molecule has 1 fully saturated rings. The van der Waals surface area contributed by atoms with Crippen LogP contribution < -0.4 is 5.32 Å². The molecule has 1 aliphatic heterocycles. The van der Waals surface area contributed by atoms with Crippen molar-refractivity contribution in [1.82, 2.24) is 15.2 Å². The molecule has 4 heteroatoms. The predicted molar refractivity (Wildman–Crippen MR) is 77.4 cm³/mol. The zero-order valence-electron chi connectivity index (χ0n) is 10.8. The van der Waals surface area contributed by atoms with E-state index in [0.29, 0.717) is 0 Å². The fourth-order valence-electron chi connectivity index (χ4n) is 2.47. The fourth-order valence-corrected chi connectivity index (χ4v) is 3.27. The van der Waals surface area contributed by atoms with Crippen LogP contribution >= 0.6 is 11.3 Å². The normalized spacial score (nSPS) is 17.4. The lowest BCUT2D eigenvalue weighted by atomic mass is 10.1. The summed E-state index contributed by atoms with van der Waals surface area (Å²) >= 11 is 1.78. The standard InChI is InChI=1S/C14H19N3S/c1-11-16-13-10-12(2-3-14(13)18-11)4-7-17-8-5-15-6-9-17/h2-3,10,15H,4-9H2,1H3. The van der Waals surface area contributed by atoms with Crippen molar-refractivity contribution in [3.63, 3.8) is 0 Å². The van der Waals surface area contributed by atoms with Crippen LogP contribution in [0.3, 0.4) is 0 Å². The lowest BCUT2D eigenvalue weighted by Crippen LogP contribution is -2.44. The molecule has 2 aromatic rings. The monoisotopic (exact) mass is 261 g/mol. The molecular formula is C14H19N3S. The van der Waals surface area contributed by atoms with Crippen LogP contribution in [0, 0.1) is 6.92 Å². The minimum Gasteiger partial charge on any atom is -0.314 e. The molecule has 0 radical (unpaired) electrons. The molecule has 0 unspecified atom stereocenters. The Bertz CT molecular complexity index is 529. The van der Waals surface area contributed by atoms with E-state index >= 15 is 0 Å². The Labute approximate surface area is 112 Å². The number of rotatable bonds is 3. The number of hydrogen-bond acceptors (Lipinski definition) is 4. The van der Waals surface area contributed by atoms with Crippen molar-refractivity contribution in [2.75, 3.05) is 32.7 Å². The zero-order chi connectivity index (χ0) is 12.4. The summed E-state index contributed by atoms with van der Waals surface area (Å²) in [5.74, 6) is 0. The maximum Gasteiger partial charge on any atom is 0.0907 e. The van der Waals surface area contributed by atoms with Crippen LogP contribution in [0.15, 0.2) is 18.2 Å². The van der Waals surface area contributed by atoms with Crippen LogP contribution in [-0.4, -0.2) is 42.6 Å². The van der Waals surface area contributed by atoms with E-state index in [0.717, 1.165) is 36.6 Å². The third-order valence-electron chi connectivity index (χ3n) is 3.49. The van der Waals surface area contributed by atoms with Gasteiger partial charge in [-0.25, -0.2) is 4.98 Å². The lowest BCUT2D eigenvalue weighted by Gasteiger charge is -2.27. The number of fused-ring (bicyclic) bond motifs is 1. The van der Waals surface area contributed by atoms with Gasteiger partial charge in [-0.05, 0) is 31.0 Å². The van der Waals surface area contributed by atoms with Gasteiger partial charge in [0.2, 0.25) is 0 Å². The molecule has 1 N–H and O–H groups in total. The van der Waals surface area contributed by atoms with E-state index in [9.17, 15) is 0 Å². The minimum absolute atomic E-state index is 1.13. The molecule has 2 heterocycles. The molecule has 96 valence electrons. The number of aryl methyl sites for hydroxylation is 1. The second kappa shape index (κ2) is 5.34. The van der Waals surface area contributed by atoms with E-state index in [4.69, 9.17) is 0 Å². The molecule has 0 spiro atoms. The van der Waals surface area contributed by atoms with Gasteiger partial charge >= 0.3 is 0 Å². The van der Waals surface area contributed by atoms with E-state index in [1.807, 2.05) is 0 Å². The highest BCUT2D eigenvalue weighted by Gasteiger charge is 2.09. The third kappa shape index (κ3) is 2.71. The average molecular weight is 261 g/mol. The van der Waals surface area contributed by atoms with Crippen molar-refractivity contribution in [1.29, 1.82) is 0 Å². The molecule has 1 saturated heterocycles. The molecule has 1 aliphatic rings. The van der Waals surface area contributed by atoms with Crippen molar-refractivity contribution in [2.45, 2.75) is 13.3 Å². The van der Waals surface area contributed by atoms with Crippen LogP contribution in [0.25, 0.3) is 10.2 Å². The van der Waals surface area contributed by atoms with Crippen molar-refractivity contribution in [3.05, 3.63) is 28.8 Å². The minimum atomic E-state index is 1.13. The molecule has 0 atom stereocenters. The second-order valence-corrected chi connectivity index (χ2v) is 6.11. The topological polar surface area (TPSA) is 28.2 Å². The summed E-state index contributed by atoms with van der Waals surface area (Å²) in [7, 11) is 0. The zero-order valence-corrected chi connectivity index (χ0v) is 11.6. The SMILES string of the molecule is Cc1nc2cc(CCN3CCNCC3)ccc2s1. The molecule has 1 aromatic carbocycles. The van der Waals surface area contributed by atoms with Gasteiger partial charge in [-0.15, -0.1) is 11.3 Å². The van der Waals surface area contributed by atoms with Crippen molar-refractivity contribution in [3.8, 4) is 0 Å². The first-order chi connectivity index (χ1) is 8.81. The molecular weight excluding hydrogens is 242 g/mol. The summed E-state index contributed by atoms with van der Waals surface area (Å²) in [5.41, 5.74) is 2.57. The molecule has 0 amide bonds. The highest BCUT2D eigenvalue weighted by Crippen LogP contribution is 2.22. The third-order valence-corrected chi connectivity index (χ3v) is 4.44. The molecule has 0 aliphatic carbocycles. The Morgan fingerprint density at radius 2 is 2.17 bits per heavy atom.